The van der Waals surface area contributed by atoms with Crippen LogP contribution >= 0.6 is 0 Å². The van der Waals surface area contributed by atoms with Crippen molar-refractivity contribution in [2.45, 2.75) is 6.92 Å². The number of esters is 2. The molecule has 0 saturated carbocycles. The minimum atomic E-state index is -0.492. The fourth-order valence-electron chi connectivity index (χ4n) is 2.13. The maximum absolute atomic E-state index is 12.2. The molecule has 3 rings (SSSR count). The van der Waals surface area contributed by atoms with Gasteiger partial charge in [-0.15, -0.1) is 0 Å². The smallest absolute Gasteiger partial charge is 0.343 e. The van der Waals surface area contributed by atoms with Crippen LogP contribution in [0, 0.1) is 0 Å². The van der Waals surface area contributed by atoms with Crippen molar-refractivity contribution >= 4 is 11.9 Å². The van der Waals surface area contributed by atoms with E-state index in [2.05, 4.69) is 10.1 Å². The molecule has 25 heavy (non-hydrogen) atoms. The molecule has 0 aliphatic heterocycles. The molecule has 1 heterocycles. The van der Waals surface area contributed by atoms with Crippen molar-refractivity contribution in [3.8, 4) is 11.4 Å². The topological polar surface area (TPSA) is 83.3 Å². The Kier molecular flexibility index (Phi) is 4.84. The third-order valence-corrected chi connectivity index (χ3v) is 3.36. The molecule has 0 radical (unpaired) electrons. The van der Waals surface area contributed by atoms with Crippen LogP contribution in [0.15, 0.2) is 61.2 Å². The molecule has 126 valence electrons. The van der Waals surface area contributed by atoms with E-state index in [-0.39, 0.29) is 0 Å². The van der Waals surface area contributed by atoms with E-state index in [1.54, 1.807) is 66.5 Å². The average molecular weight is 337 g/mol. The summed E-state index contributed by atoms with van der Waals surface area (Å²) >= 11 is 0. The van der Waals surface area contributed by atoms with Crippen LogP contribution in [0.2, 0.25) is 0 Å². The average Bonchev–Trinajstić information content (AvgIpc) is 3.17. The number of rotatable bonds is 5. The molecule has 0 saturated heterocycles. The largest absolute Gasteiger partial charge is 0.462 e. The second kappa shape index (κ2) is 7.39. The molecule has 0 bridgehead atoms. The minimum Gasteiger partial charge on any atom is -0.462 e. The van der Waals surface area contributed by atoms with Crippen molar-refractivity contribution < 1.29 is 19.1 Å². The molecule has 0 fully saturated rings. The Balaban J connectivity index is 1.66. The third kappa shape index (κ3) is 3.89. The van der Waals surface area contributed by atoms with Gasteiger partial charge in [-0.05, 0) is 55.5 Å². The molecular formula is C18H15N3O4. The number of carbonyl (C=O) groups excluding carboxylic acids is 2. The zero-order valence-corrected chi connectivity index (χ0v) is 13.5. The number of ether oxygens (including phenoxy) is 2. The van der Waals surface area contributed by atoms with E-state index < -0.39 is 11.9 Å². The Hall–Kier alpha value is -3.48. The van der Waals surface area contributed by atoms with Gasteiger partial charge in [0, 0.05) is 0 Å². The standard InChI is InChI=1S/C18H15N3O4/c1-2-24-17(22)13-5-9-16(10-6-13)25-18(23)14-3-7-15(8-4-14)21-12-19-11-20-21/h3-12H,2H2,1H3. The van der Waals surface area contributed by atoms with Gasteiger partial charge >= 0.3 is 11.9 Å². The number of benzene rings is 2. The number of hydrogen-bond donors (Lipinski definition) is 0. The van der Waals surface area contributed by atoms with Crippen LogP contribution in [0.25, 0.3) is 5.69 Å². The van der Waals surface area contributed by atoms with Crippen LogP contribution in [0.4, 0.5) is 0 Å². The molecule has 0 aliphatic rings. The molecule has 1 aromatic heterocycles. The van der Waals surface area contributed by atoms with Crippen LogP contribution < -0.4 is 4.74 Å². The number of hydrogen-bond acceptors (Lipinski definition) is 6. The van der Waals surface area contributed by atoms with Gasteiger partial charge in [-0.3, -0.25) is 0 Å². The zero-order valence-electron chi connectivity index (χ0n) is 13.5. The van der Waals surface area contributed by atoms with Gasteiger partial charge < -0.3 is 9.47 Å². The van der Waals surface area contributed by atoms with Gasteiger partial charge in [0.1, 0.15) is 18.4 Å². The van der Waals surface area contributed by atoms with Crippen LogP contribution in [0.1, 0.15) is 27.6 Å². The summed E-state index contributed by atoms with van der Waals surface area (Å²) in [6.45, 7) is 2.04. The predicted molar refractivity (Wildman–Crippen MR) is 88.7 cm³/mol. The maximum Gasteiger partial charge on any atom is 0.343 e. The van der Waals surface area contributed by atoms with Crippen molar-refractivity contribution in [2.75, 3.05) is 6.61 Å². The fourth-order valence-corrected chi connectivity index (χ4v) is 2.13. The van der Waals surface area contributed by atoms with Gasteiger partial charge in [-0.1, -0.05) is 0 Å². The summed E-state index contributed by atoms with van der Waals surface area (Å²) < 4.78 is 11.8. The van der Waals surface area contributed by atoms with Gasteiger partial charge in [0.2, 0.25) is 0 Å². The molecule has 0 spiro atoms. The van der Waals surface area contributed by atoms with Crippen LogP contribution in [-0.4, -0.2) is 33.3 Å². The van der Waals surface area contributed by atoms with Crippen molar-refractivity contribution in [3.05, 3.63) is 72.3 Å². The third-order valence-electron chi connectivity index (χ3n) is 3.36. The highest BCUT2D eigenvalue weighted by atomic mass is 16.5. The molecule has 0 atom stereocenters. The van der Waals surface area contributed by atoms with E-state index in [0.717, 1.165) is 5.69 Å². The molecule has 0 unspecified atom stereocenters. The molecular weight excluding hydrogens is 322 g/mol. The normalized spacial score (nSPS) is 10.3. The Morgan fingerprint density at radius 3 is 2.20 bits per heavy atom. The van der Waals surface area contributed by atoms with E-state index in [1.807, 2.05) is 0 Å². The quantitative estimate of drug-likeness (QED) is 0.526. The lowest BCUT2D eigenvalue weighted by atomic mass is 10.2. The molecule has 7 heteroatoms. The van der Waals surface area contributed by atoms with E-state index in [9.17, 15) is 9.59 Å². The summed E-state index contributed by atoms with van der Waals surface area (Å²) in [4.78, 5) is 27.6. The van der Waals surface area contributed by atoms with Crippen molar-refractivity contribution in [1.82, 2.24) is 14.8 Å². The van der Waals surface area contributed by atoms with Crippen LogP contribution in [0.5, 0.6) is 5.75 Å². The minimum absolute atomic E-state index is 0.306. The summed E-state index contributed by atoms with van der Waals surface area (Å²) in [5.41, 5.74) is 1.59. The predicted octanol–water partition coefficient (Wildman–Crippen LogP) is 2.66. The first kappa shape index (κ1) is 16.4. The first-order chi connectivity index (χ1) is 12.2. The molecule has 7 nitrogen and oxygen atoms in total. The first-order valence-corrected chi connectivity index (χ1v) is 7.62. The number of carbonyl (C=O) groups is 2. The Labute approximate surface area is 143 Å². The summed E-state index contributed by atoms with van der Waals surface area (Å²) in [7, 11) is 0. The zero-order chi connectivity index (χ0) is 17.6. The highest BCUT2D eigenvalue weighted by Gasteiger charge is 2.11. The van der Waals surface area contributed by atoms with E-state index >= 15 is 0 Å². The van der Waals surface area contributed by atoms with Gasteiger partial charge in [0.15, 0.2) is 0 Å². The fraction of sp³-hybridized carbons (Fsp3) is 0.111. The van der Waals surface area contributed by atoms with Gasteiger partial charge in [-0.25, -0.2) is 19.3 Å². The maximum atomic E-state index is 12.2. The Morgan fingerprint density at radius 2 is 1.60 bits per heavy atom. The second-order valence-electron chi connectivity index (χ2n) is 5.02. The van der Waals surface area contributed by atoms with Crippen molar-refractivity contribution in [2.24, 2.45) is 0 Å². The van der Waals surface area contributed by atoms with Gasteiger partial charge in [-0.2, -0.15) is 5.10 Å². The molecule has 3 aromatic rings. The monoisotopic (exact) mass is 337 g/mol. The molecule has 0 amide bonds. The van der Waals surface area contributed by atoms with Crippen molar-refractivity contribution in [1.29, 1.82) is 0 Å². The lowest BCUT2D eigenvalue weighted by molar-refractivity contribution is 0.0526. The molecule has 2 aromatic carbocycles. The second-order valence-corrected chi connectivity index (χ2v) is 5.02. The SMILES string of the molecule is CCOC(=O)c1ccc(OC(=O)c2ccc(-n3cncn3)cc2)cc1. The lowest BCUT2D eigenvalue weighted by Gasteiger charge is -2.06. The number of aromatic nitrogens is 3. The summed E-state index contributed by atoms with van der Waals surface area (Å²) in [5, 5.41) is 4.02. The van der Waals surface area contributed by atoms with E-state index in [1.165, 1.54) is 6.33 Å². The van der Waals surface area contributed by atoms with E-state index in [0.29, 0.717) is 23.5 Å². The molecule has 0 aliphatic carbocycles. The summed E-state index contributed by atoms with van der Waals surface area (Å²) in [6, 6.07) is 13.0. The Bertz CT molecular complexity index is 856. The highest BCUT2D eigenvalue weighted by Crippen LogP contribution is 2.16. The Morgan fingerprint density at radius 1 is 0.960 bits per heavy atom. The first-order valence-electron chi connectivity index (χ1n) is 7.62. The number of nitrogens with zero attached hydrogens (tertiary/aromatic N) is 3. The van der Waals surface area contributed by atoms with Crippen LogP contribution in [-0.2, 0) is 4.74 Å². The van der Waals surface area contributed by atoms with Crippen LogP contribution in [0.3, 0.4) is 0 Å². The highest BCUT2D eigenvalue weighted by molar-refractivity contribution is 5.92. The lowest BCUT2D eigenvalue weighted by Crippen LogP contribution is -2.09. The van der Waals surface area contributed by atoms with Crippen molar-refractivity contribution in [3.63, 3.8) is 0 Å². The van der Waals surface area contributed by atoms with Gasteiger partial charge in [0.25, 0.3) is 0 Å². The summed E-state index contributed by atoms with van der Waals surface area (Å²) in [5.74, 6) is -0.559. The van der Waals surface area contributed by atoms with Gasteiger partial charge in [0.05, 0.1) is 23.4 Å². The summed E-state index contributed by atoms with van der Waals surface area (Å²) in [6.07, 6.45) is 3.00. The van der Waals surface area contributed by atoms with E-state index in [4.69, 9.17) is 9.47 Å². The molecule has 0 N–H and O–H groups in total.